The molecule has 0 aliphatic rings. The second kappa shape index (κ2) is 10.7. The van der Waals surface area contributed by atoms with E-state index in [9.17, 15) is 4.79 Å². The standard InChI is InChI=1S/C16H29NO2/c1-6-17-16(18)19-15(5)12-8-11-14(4)10-7-9-13(2)3/h8-9,12,14-15H,6-7,10-11H2,1-5H3,(H,17,18)/b12-8+. The van der Waals surface area contributed by atoms with Gasteiger partial charge >= 0.3 is 6.09 Å². The minimum absolute atomic E-state index is 0.170. The van der Waals surface area contributed by atoms with Crippen LogP contribution in [0, 0.1) is 5.92 Å². The van der Waals surface area contributed by atoms with Crippen LogP contribution in [-0.2, 0) is 4.74 Å². The van der Waals surface area contributed by atoms with Gasteiger partial charge in [-0.2, -0.15) is 0 Å². The molecule has 0 aromatic rings. The van der Waals surface area contributed by atoms with Crippen molar-refractivity contribution in [3.63, 3.8) is 0 Å². The molecule has 3 nitrogen and oxygen atoms in total. The summed E-state index contributed by atoms with van der Waals surface area (Å²) in [6, 6.07) is 0. The first-order chi connectivity index (χ1) is 8.95. The fourth-order valence-corrected chi connectivity index (χ4v) is 1.67. The molecule has 0 radical (unpaired) electrons. The maximum atomic E-state index is 11.2. The van der Waals surface area contributed by atoms with E-state index in [1.165, 1.54) is 12.0 Å². The van der Waals surface area contributed by atoms with Crippen molar-refractivity contribution in [3.05, 3.63) is 23.8 Å². The van der Waals surface area contributed by atoms with Crippen molar-refractivity contribution in [1.82, 2.24) is 5.32 Å². The fraction of sp³-hybridized carbons (Fsp3) is 0.688. The van der Waals surface area contributed by atoms with Gasteiger partial charge in [0.05, 0.1) is 0 Å². The number of carbonyl (C=O) groups is 1. The molecule has 0 heterocycles. The number of allylic oxidation sites excluding steroid dienone is 3. The third-order valence-electron chi connectivity index (χ3n) is 2.77. The molecule has 0 aromatic carbocycles. The Morgan fingerprint density at radius 3 is 2.58 bits per heavy atom. The molecule has 0 saturated carbocycles. The lowest BCUT2D eigenvalue weighted by atomic mass is 10.0. The molecule has 0 saturated heterocycles. The van der Waals surface area contributed by atoms with Gasteiger partial charge in [0.25, 0.3) is 0 Å². The van der Waals surface area contributed by atoms with Crippen LogP contribution in [0.3, 0.4) is 0 Å². The van der Waals surface area contributed by atoms with E-state index in [-0.39, 0.29) is 12.2 Å². The Labute approximate surface area is 118 Å². The summed E-state index contributed by atoms with van der Waals surface area (Å²) in [5.41, 5.74) is 1.38. The molecular weight excluding hydrogens is 238 g/mol. The zero-order chi connectivity index (χ0) is 14.7. The van der Waals surface area contributed by atoms with Crippen molar-refractivity contribution in [2.24, 2.45) is 5.92 Å². The number of hydrogen-bond acceptors (Lipinski definition) is 2. The molecule has 1 N–H and O–H groups in total. The third-order valence-corrected chi connectivity index (χ3v) is 2.77. The van der Waals surface area contributed by atoms with Crippen LogP contribution in [-0.4, -0.2) is 18.7 Å². The van der Waals surface area contributed by atoms with E-state index >= 15 is 0 Å². The lowest BCUT2D eigenvalue weighted by molar-refractivity contribution is 0.127. The second-order valence-corrected chi connectivity index (χ2v) is 5.27. The highest BCUT2D eigenvalue weighted by atomic mass is 16.6. The number of nitrogens with one attached hydrogen (secondary N) is 1. The molecule has 19 heavy (non-hydrogen) atoms. The largest absolute Gasteiger partial charge is 0.442 e. The van der Waals surface area contributed by atoms with Crippen LogP contribution in [0.15, 0.2) is 23.8 Å². The monoisotopic (exact) mass is 267 g/mol. The Balaban J connectivity index is 3.81. The summed E-state index contributed by atoms with van der Waals surface area (Å²) < 4.78 is 5.14. The zero-order valence-electron chi connectivity index (χ0n) is 13.0. The van der Waals surface area contributed by atoms with Crippen LogP contribution in [0.5, 0.6) is 0 Å². The maximum absolute atomic E-state index is 11.2. The minimum atomic E-state index is -0.351. The molecule has 110 valence electrons. The lowest BCUT2D eigenvalue weighted by Crippen LogP contribution is -2.26. The number of carbonyl (C=O) groups excluding carboxylic acids is 1. The summed E-state index contributed by atoms with van der Waals surface area (Å²) in [4.78, 5) is 11.2. The minimum Gasteiger partial charge on any atom is -0.442 e. The Hall–Kier alpha value is -1.25. The van der Waals surface area contributed by atoms with Gasteiger partial charge in [-0.25, -0.2) is 4.79 Å². The van der Waals surface area contributed by atoms with Crippen LogP contribution < -0.4 is 5.32 Å². The van der Waals surface area contributed by atoms with E-state index < -0.39 is 0 Å². The van der Waals surface area contributed by atoms with Crippen LogP contribution in [0.2, 0.25) is 0 Å². The highest BCUT2D eigenvalue weighted by molar-refractivity contribution is 5.67. The summed E-state index contributed by atoms with van der Waals surface area (Å²) in [6.07, 6.45) is 9.18. The molecule has 3 heteroatoms. The number of hydrogen-bond donors (Lipinski definition) is 1. The fourth-order valence-electron chi connectivity index (χ4n) is 1.67. The van der Waals surface area contributed by atoms with Crippen molar-refractivity contribution in [3.8, 4) is 0 Å². The lowest BCUT2D eigenvalue weighted by Gasteiger charge is -2.10. The van der Waals surface area contributed by atoms with Gasteiger partial charge in [0, 0.05) is 6.54 Å². The quantitative estimate of drug-likeness (QED) is 0.660. The van der Waals surface area contributed by atoms with Crippen LogP contribution in [0.1, 0.15) is 53.9 Å². The summed E-state index contributed by atoms with van der Waals surface area (Å²) in [6.45, 7) is 10.8. The molecule has 0 aliphatic heterocycles. The molecule has 0 bridgehead atoms. The first kappa shape index (κ1) is 17.8. The number of ether oxygens (including phenoxy) is 1. The third kappa shape index (κ3) is 11.6. The predicted octanol–water partition coefficient (Wildman–Crippen LogP) is 4.45. The Morgan fingerprint density at radius 1 is 1.32 bits per heavy atom. The normalized spacial score (nSPS) is 13.9. The summed E-state index contributed by atoms with van der Waals surface area (Å²) in [5.74, 6) is 0.656. The highest BCUT2D eigenvalue weighted by Crippen LogP contribution is 2.12. The Morgan fingerprint density at radius 2 is 2.00 bits per heavy atom. The smallest absolute Gasteiger partial charge is 0.407 e. The summed E-state index contributed by atoms with van der Waals surface area (Å²) in [7, 11) is 0. The van der Waals surface area contributed by atoms with Gasteiger partial charge in [0.15, 0.2) is 0 Å². The molecule has 0 aliphatic carbocycles. The number of amides is 1. The van der Waals surface area contributed by atoms with E-state index in [1.807, 2.05) is 19.9 Å². The average Bonchev–Trinajstić information content (AvgIpc) is 2.28. The van der Waals surface area contributed by atoms with Gasteiger partial charge in [0.2, 0.25) is 0 Å². The van der Waals surface area contributed by atoms with E-state index in [4.69, 9.17) is 4.74 Å². The van der Waals surface area contributed by atoms with E-state index in [0.29, 0.717) is 12.5 Å². The summed E-state index contributed by atoms with van der Waals surface area (Å²) >= 11 is 0. The van der Waals surface area contributed by atoms with E-state index in [0.717, 1.165) is 12.8 Å². The zero-order valence-corrected chi connectivity index (χ0v) is 13.0. The van der Waals surface area contributed by atoms with E-state index in [2.05, 4.69) is 38.2 Å². The number of rotatable bonds is 8. The van der Waals surface area contributed by atoms with Gasteiger partial charge < -0.3 is 10.1 Å². The molecule has 1 amide bonds. The van der Waals surface area contributed by atoms with E-state index in [1.54, 1.807) is 0 Å². The van der Waals surface area contributed by atoms with Gasteiger partial charge in [-0.1, -0.05) is 24.6 Å². The van der Waals surface area contributed by atoms with Crippen molar-refractivity contribution < 1.29 is 9.53 Å². The molecular formula is C16H29NO2. The molecule has 0 rings (SSSR count). The van der Waals surface area contributed by atoms with Crippen LogP contribution in [0.4, 0.5) is 4.79 Å². The maximum Gasteiger partial charge on any atom is 0.407 e. The highest BCUT2D eigenvalue weighted by Gasteiger charge is 2.04. The molecule has 0 aromatic heterocycles. The van der Waals surface area contributed by atoms with Crippen LogP contribution in [0.25, 0.3) is 0 Å². The van der Waals surface area contributed by atoms with Gasteiger partial charge in [-0.3, -0.25) is 0 Å². The van der Waals surface area contributed by atoms with Crippen molar-refractivity contribution >= 4 is 6.09 Å². The first-order valence-corrected chi connectivity index (χ1v) is 7.20. The number of alkyl carbamates (subject to hydrolysis) is 1. The molecule has 0 fully saturated rings. The molecule has 0 spiro atoms. The summed E-state index contributed by atoms with van der Waals surface area (Å²) in [5, 5.41) is 2.61. The topological polar surface area (TPSA) is 38.3 Å². The van der Waals surface area contributed by atoms with Gasteiger partial charge in [-0.05, 0) is 59.0 Å². The molecule has 2 atom stereocenters. The Kier molecular flexibility index (Phi) is 9.95. The molecule has 2 unspecified atom stereocenters. The second-order valence-electron chi connectivity index (χ2n) is 5.27. The first-order valence-electron chi connectivity index (χ1n) is 7.20. The predicted molar refractivity (Wildman–Crippen MR) is 81.2 cm³/mol. The van der Waals surface area contributed by atoms with Crippen molar-refractivity contribution in [2.75, 3.05) is 6.54 Å². The van der Waals surface area contributed by atoms with Gasteiger partial charge in [-0.15, -0.1) is 0 Å². The van der Waals surface area contributed by atoms with Crippen molar-refractivity contribution in [1.29, 1.82) is 0 Å². The SMILES string of the molecule is CCNC(=O)OC(C)/C=C/CC(C)CCC=C(C)C. The average molecular weight is 267 g/mol. The Bertz CT molecular complexity index is 304. The van der Waals surface area contributed by atoms with Gasteiger partial charge in [0.1, 0.15) is 6.10 Å². The van der Waals surface area contributed by atoms with Crippen LogP contribution >= 0.6 is 0 Å². The van der Waals surface area contributed by atoms with Crippen molar-refractivity contribution in [2.45, 2.75) is 60.0 Å².